The standard InChI is InChI=1S/C13H21FN2O/c1-3-16(9-10-17-2)8-7-15-13-6-4-5-12(14)11-13/h4-6,11,15H,3,7-10H2,1-2H3. The molecule has 0 aromatic heterocycles. The van der Waals surface area contributed by atoms with E-state index in [9.17, 15) is 4.39 Å². The van der Waals surface area contributed by atoms with Gasteiger partial charge in [0.05, 0.1) is 6.61 Å². The molecule has 0 aliphatic heterocycles. The summed E-state index contributed by atoms with van der Waals surface area (Å²) in [5.74, 6) is -0.207. The van der Waals surface area contributed by atoms with Gasteiger partial charge in [-0.1, -0.05) is 13.0 Å². The molecule has 0 saturated heterocycles. The maximum absolute atomic E-state index is 12.9. The molecule has 0 aliphatic rings. The second-order valence-corrected chi connectivity index (χ2v) is 3.86. The van der Waals surface area contributed by atoms with Gasteiger partial charge in [-0.3, -0.25) is 4.90 Å². The maximum Gasteiger partial charge on any atom is 0.125 e. The first-order chi connectivity index (χ1) is 8.26. The molecule has 1 rings (SSSR count). The normalized spacial score (nSPS) is 10.8. The topological polar surface area (TPSA) is 24.5 Å². The minimum Gasteiger partial charge on any atom is -0.384 e. The first-order valence-electron chi connectivity index (χ1n) is 5.97. The van der Waals surface area contributed by atoms with Crippen LogP contribution in [0.5, 0.6) is 0 Å². The van der Waals surface area contributed by atoms with Gasteiger partial charge >= 0.3 is 0 Å². The number of anilines is 1. The zero-order valence-corrected chi connectivity index (χ0v) is 10.6. The lowest BCUT2D eigenvalue weighted by Crippen LogP contribution is -2.31. The number of rotatable bonds is 8. The largest absolute Gasteiger partial charge is 0.384 e. The van der Waals surface area contributed by atoms with Crippen LogP contribution in [0, 0.1) is 5.82 Å². The van der Waals surface area contributed by atoms with Crippen molar-refractivity contribution >= 4 is 5.69 Å². The summed E-state index contributed by atoms with van der Waals surface area (Å²) in [7, 11) is 1.71. The number of hydrogen-bond donors (Lipinski definition) is 1. The highest BCUT2D eigenvalue weighted by Crippen LogP contribution is 2.08. The molecule has 0 amide bonds. The Labute approximate surface area is 103 Å². The highest BCUT2D eigenvalue weighted by Gasteiger charge is 2.01. The third-order valence-corrected chi connectivity index (χ3v) is 2.64. The Bertz CT molecular complexity index is 320. The lowest BCUT2D eigenvalue weighted by Gasteiger charge is -2.20. The number of nitrogens with one attached hydrogen (secondary N) is 1. The zero-order chi connectivity index (χ0) is 12.5. The molecule has 0 saturated carbocycles. The SMILES string of the molecule is CCN(CCNc1cccc(F)c1)CCOC. The van der Waals surface area contributed by atoms with Crippen molar-refractivity contribution in [3.63, 3.8) is 0 Å². The van der Waals surface area contributed by atoms with E-state index < -0.39 is 0 Å². The van der Waals surface area contributed by atoms with Gasteiger partial charge in [0.2, 0.25) is 0 Å². The molecular weight excluding hydrogens is 219 g/mol. The van der Waals surface area contributed by atoms with E-state index in [4.69, 9.17) is 4.74 Å². The molecule has 0 unspecified atom stereocenters. The predicted molar refractivity (Wildman–Crippen MR) is 68.9 cm³/mol. The summed E-state index contributed by atoms with van der Waals surface area (Å²) in [6, 6.07) is 6.53. The Morgan fingerprint density at radius 1 is 1.35 bits per heavy atom. The number of benzene rings is 1. The Morgan fingerprint density at radius 2 is 2.18 bits per heavy atom. The Balaban J connectivity index is 2.26. The van der Waals surface area contributed by atoms with Crippen LogP contribution in [0.2, 0.25) is 0 Å². The summed E-state index contributed by atoms with van der Waals surface area (Å²) in [4.78, 5) is 2.29. The maximum atomic E-state index is 12.9. The number of ether oxygens (including phenoxy) is 1. The van der Waals surface area contributed by atoms with Crippen molar-refractivity contribution in [2.45, 2.75) is 6.92 Å². The monoisotopic (exact) mass is 240 g/mol. The summed E-state index contributed by atoms with van der Waals surface area (Å²) in [5, 5.41) is 3.20. The summed E-state index contributed by atoms with van der Waals surface area (Å²) in [6.07, 6.45) is 0. The van der Waals surface area contributed by atoms with Crippen LogP contribution in [0.1, 0.15) is 6.92 Å². The van der Waals surface area contributed by atoms with Crippen LogP contribution in [0.25, 0.3) is 0 Å². The lowest BCUT2D eigenvalue weighted by atomic mass is 10.3. The highest BCUT2D eigenvalue weighted by molar-refractivity contribution is 5.42. The van der Waals surface area contributed by atoms with Crippen LogP contribution < -0.4 is 5.32 Å². The Hall–Kier alpha value is -1.13. The molecule has 0 fully saturated rings. The van der Waals surface area contributed by atoms with Crippen LogP contribution in [0.4, 0.5) is 10.1 Å². The summed E-state index contributed by atoms with van der Waals surface area (Å²) < 4.78 is 18.0. The van der Waals surface area contributed by atoms with Gasteiger partial charge in [-0.2, -0.15) is 0 Å². The minimum atomic E-state index is -0.207. The van der Waals surface area contributed by atoms with E-state index in [1.54, 1.807) is 13.2 Å². The van der Waals surface area contributed by atoms with E-state index in [-0.39, 0.29) is 5.82 Å². The van der Waals surface area contributed by atoms with E-state index in [0.717, 1.165) is 38.5 Å². The van der Waals surface area contributed by atoms with Crippen LogP contribution in [0.15, 0.2) is 24.3 Å². The van der Waals surface area contributed by atoms with Crippen molar-refractivity contribution in [1.29, 1.82) is 0 Å². The molecule has 0 heterocycles. The average Bonchev–Trinajstić information content (AvgIpc) is 2.33. The quantitative estimate of drug-likeness (QED) is 0.754. The smallest absolute Gasteiger partial charge is 0.125 e. The van der Waals surface area contributed by atoms with Crippen molar-refractivity contribution in [2.75, 3.05) is 45.2 Å². The molecular formula is C13H21FN2O. The molecule has 1 aromatic rings. The summed E-state index contributed by atoms with van der Waals surface area (Å²) >= 11 is 0. The first kappa shape index (κ1) is 13.9. The van der Waals surface area contributed by atoms with Gasteiger partial charge in [0.1, 0.15) is 5.82 Å². The predicted octanol–water partition coefficient (Wildman–Crippen LogP) is 2.21. The first-order valence-corrected chi connectivity index (χ1v) is 5.97. The van der Waals surface area contributed by atoms with E-state index in [1.807, 2.05) is 6.07 Å². The zero-order valence-electron chi connectivity index (χ0n) is 10.6. The Kier molecular flexibility index (Phi) is 6.58. The second-order valence-electron chi connectivity index (χ2n) is 3.86. The van der Waals surface area contributed by atoms with Crippen LogP contribution in [0.3, 0.4) is 0 Å². The van der Waals surface area contributed by atoms with Gasteiger partial charge in [0.15, 0.2) is 0 Å². The number of likely N-dealkylation sites (N-methyl/N-ethyl adjacent to an activating group) is 1. The molecule has 0 bridgehead atoms. The van der Waals surface area contributed by atoms with Crippen LogP contribution in [-0.2, 0) is 4.74 Å². The van der Waals surface area contributed by atoms with E-state index >= 15 is 0 Å². The summed E-state index contributed by atoms with van der Waals surface area (Å²) in [5.41, 5.74) is 0.827. The molecule has 3 nitrogen and oxygen atoms in total. The molecule has 96 valence electrons. The van der Waals surface area contributed by atoms with Crippen molar-refractivity contribution < 1.29 is 9.13 Å². The number of nitrogens with zero attached hydrogens (tertiary/aromatic N) is 1. The molecule has 0 aliphatic carbocycles. The fraction of sp³-hybridized carbons (Fsp3) is 0.538. The van der Waals surface area contributed by atoms with Gasteiger partial charge in [-0.25, -0.2) is 4.39 Å². The van der Waals surface area contributed by atoms with Gasteiger partial charge in [-0.15, -0.1) is 0 Å². The van der Waals surface area contributed by atoms with Crippen molar-refractivity contribution in [3.8, 4) is 0 Å². The average molecular weight is 240 g/mol. The molecule has 1 aromatic carbocycles. The molecule has 0 spiro atoms. The van der Waals surface area contributed by atoms with Crippen LogP contribution >= 0.6 is 0 Å². The molecule has 0 radical (unpaired) electrons. The number of methoxy groups -OCH3 is 1. The molecule has 4 heteroatoms. The second kappa shape index (κ2) is 8.03. The highest BCUT2D eigenvalue weighted by atomic mass is 19.1. The van der Waals surface area contributed by atoms with E-state index in [1.165, 1.54) is 12.1 Å². The van der Waals surface area contributed by atoms with Crippen LogP contribution in [-0.4, -0.2) is 44.8 Å². The fourth-order valence-corrected chi connectivity index (χ4v) is 1.61. The van der Waals surface area contributed by atoms with Gasteiger partial charge in [0, 0.05) is 32.4 Å². The molecule has 0 atom stereocenters. The van der Waals surface area contributed by atoms with Crippen molar-refractivity contribution in [2.24, 2.45) is 0 Å². The third-order valence-electron chi connectivity index (χ3n) is 2.64. The number of halogens is 1. The number of hydrogen-bond acceptors (Lipinski definition) is 3. The fourth-order valence-electron chi connectivity index (χ4n) is 1.61. The van der Waals surface area contributed by atoms with Gasteiger partial charge in [-0.05, 0) is 24.7 Å². The van der Waals surface area contributed by atoms with Crippen molar-refractivity contribution in [3.05, 3.63) is 30.1 Å². The van der Waals surface area contributed by atoms with Gasteiger partial charge in [0.25, 0.3) is 0 Å². The van der Waals surface area contributed by atoms with Gasteiger partial charge < -0.3 is 10.1 Å². The molecule has 1 N–H and O–H groups in total. The lowest BCUT2D eigenvalue weighted by molar-refractivity contribution is 0.153. The van der Waals surface area contributed by atoms with E-state index in [2.05, 4.69) is 17.1 Å². The van der Waals surface area contributed by atoms with E-state index in [0.29, 0.717) is 0 Å². The Morgan fingerprint density at radius 3 is 2.82 bits per heavy atom. The molecule has 17 heavy (non-hydrogen) atoms. The van der Waals surface area contributed by atoms with Crippen molar-refractivity contribution in [1.82, 2.24) is 4.90 Å². The third kappa shape index (κ3) is 5.65. The summed E-state index contributed by atoms with van der Waals surface area (Å²) in [6.45, 7) is 6.52. The minimum absolute atomic E-state index is 0.207.